The lowest BCUT2D eigenvalue weighted by Gasteiger charge is -2.10. The van der Waals surface area contributed by atoms with Crippen molar-refractivity contribution in [2.45, 2.75) is 13.0 Å². The number of carbonyl (C=O) groups is 1. The van der Waals surface area contributed by atoms with Gasteiger partial charge < -0.3 is 10.1 Å². The predicted octanol–water partition coefficient (Wildman–Crippen LogP) is 1.47. The maximum Gasteiger partial charge on any atom is 0.343 e. The van der Waals surface area contributed by atoms with Crippen LogP contribution in [0, 0.1) is 18.3 Å². The van der Waals surface area contributed by atoms with Crippen molar-refractivity contribution in [1.82, 2.24) is 0 Å². The van der Waals surface area contributed by atoms with Crippen molar-refractivity contribution in [2.24, 2.45) is 0 Å². The number of benzene rings is 1. The first-order chi connectivity index (χ1) is 7.17. The molecule has 1 aromatic carbocycles. The van der Waals surface area contributed by atoms with Crippen LogP contribution < -0.4 is 5.32 Å². The van der Waals surface area contributed by atoms with Gasteiger partial charge in [0.05, 0.1) is 13.2 Å². The Morgan fingerprint density at radius 1 is 1.60 bits per heavy atom. The molecular weight excluding hydrogens is 192 g/mol. The number of methoxy groups -OCH3 is 1. The maximum absolute atomic E-state index is 11.1. The molecule has 1 N–H and O–H groups in total. The number of hydrogen-bond donors (Lipinski definition) is 1. The van der Waals surface area contributed by atoms with Crippen LogP contribution >= 0.6 is 0 Å². The summed E-state index contributed by atoms with van der Waals surface area (Å²) in [5, 5.41) is 11.5. The number of aryl methyl sites for hydroxylation is 1. The molecule has 4 heteroatoms. The van der Waals surface area contributed by atoms with Gasteiger partial charge in [0, 0.05) is 5.69 Å². The highest BCUT2D eigenvalue weighted by Crippen LogP contribution is 2.11. The first kappa shape index (κ1) is 11.1. The standard InChI is InChI=1S/C11H12N2O2/c1-8-4-3-5-9(6-8)13-10(7-12)11(14)15-2/h3-6,10,13H,1-2H3. The minimum absolute atomic E-state index is 0.584. The Bertz CT molecular complexity index is 396. The summed E-state index contributed by atoms with van der Waals surface area (Å²) < 4.78 is 4.48. The van der Waals surface area contributed by atoms with Gasteiger partial charge in [0.1, 0.15) is 0 Å². The van der Waals surface area contributed by atoms with E-state index < -0.39 is 12.0 Å². The number of hydrogen-bond acceptors (Lipinski definition) is 4. The van der Waals surface area contributed by atoms with E-state index in [0.29, 0.717) is 0 Å². The fourth-order valence-electron chi connectivity index (χ4n) is 1.16. The third-order valence-electron chi connectivity index (χ3n) is 1.90. The average Bonchev–Trinajstić information content (AvgIpc) is 2.25. The van der Waals surface area contributed by atoms with Gasteiger partial charge >= 0.3 is 5.97 Å². The van der Waals surface area contributed by atoms with Gasteiger partial charge in [-0.1, -0.05) is 12.1 Å². The van der Waals surface area contributed by atoms with Crippen LogP contribution in [0.15, 0.2) is 24.3 Å². The van der Waals surface area contributed by atoms with E-state index in [9.17, 15) is 4.79 Å². The average molecular weight is 204 g/mol. The fraction of sp³-hybridized carbons (Fsp3) is 0.273. The van der Waals surface area contributed by atoms with Crippen LogP contribution in [0.5, 0.6) is 0 Å². The molecule has 0 spiro atoms. The van der Waals surface area contributed by atoms with Crippen molar-refractivity contribution < 1.29 is 9.53 Å². The molecule has 0 aliphatic carbocycles. The van der Waals surface area contributed by atoms with Crippen molar-refractivity contribution in [1.29, 1.82) is 5.26 Å². The Hall–Kier alpha value is -2.02. The molecule has 15 heavy (non-hydrogen) atoms. The first-order valence-electron chi connectivity index (χ1n) is 4.48. The van der Waals surface area contributed by atoms with Gasteiger partial charge in [-0.2, -0.15) is 5.26 Å². The molecule has 78 valence electrons. The summed E-state index contributed by atoms with van der Waals surface area (Å²) in [4.78, 5) is 11.1. The number of nitriles is 1. The molecule has 0 aliphatic rings. The van der Waals surface area contributed by atoms with Crippen molar-refractivity contribution in [3.05, 3.63) is 29.8 Å². The number of esters is 1. The van der Waals surface area contributed by atoms with E-state index in [-0.39, 0.29) is 0 Å². The second-order valence-corrected chi connectivity index (χ2v) is 3.10. The summed E-state index contributed by atoms with van der Waals surface area (Å²) in [6, 6.07) is 8.31. The molecule has 0 aliphatic heterocycles. The van der Waals surface area contributed by atoms with Gasteiger partial charge in [-0.15, -0.1) is 0 Å². The molecule has 0 fully saturated rings. The minimum atomic E-state index is -0.961. The van der Waals surface area contributed by atoms with Crippen LogP contribution in [0.25, 0.3) is 0 Å². The minimum Gasteiger partial charge on any atom is -0.467 e. The van der Waals surface area contributed by atoms with E-state index in [4.69, 9.17) is 5.26 Å². The normalized spacial score (nSPS) is 11.3. The Morgan fingerprint density at radius 3 is 2.87 bits per heavy atom. The van der Waals surface area contributed by atoms with E-state index in [1.807, 2.05) is 31.2 Å². The zero-order valence-corrected chi connectivity index (χ0v) is 8.65. The Kier molecular flexibility index (Phi) is 3.69. The molecule has 0 saturated heterocycles. The lowest BCUT2D eigenvalue weighted by Crippen LogP contribution is -2.28. The monoisotopic (exact) mass is 204 g/mol. The molecule has 4 nitrogen and oxygen atoms in total. The quantitative estimate of drug-likeness (QED) is 0.757. The third-order valence-corrected chi connectivity index (χ3v) is 1.90. The fourth-order valence-corrected chi connectivity index (χ4v) is 1.16. The molecule has 1 aromatic rings. The van der Waals surface area contributed by atoms with E-state index in [0.717, 1.165) is 11.3 Å². The van der Waals surface area contributed by atoms with Gasteiger partial charge in [0.15, 0.2) is 0 Å². The number of carbonyl (C=O) groups excluding carboxylic acids is 1. The van der Waals surface area contributed by atoms with Crippen molar-refractivity contribution >= 4 is 11.7 Å². The summed E-state index contributed by atoms with van der Waals surface area (Å²) >= 11 is 0. The Morgan fingerprint density at radius 2 is 2.33 bits per heavy atom. The highest BCUT2D eigenvalue weighted by atomic mass is 16.5. The van der Waals surface area contributed by atoms with E-state index in [1.165, 1.54) is 7.11 Å². The third kappa shape index (κ3) is 2.99. The van der Waals surface area contributed by atoms with Gasteiger partial charge in [-0.3, -0.25) is 0 Å². The maximum atomic E-state index is 11.1. The van der Waals surface area contributed by atoms with Crippen molar-refractivity contribution in [2.75, 3.05) is 12.4 Å². The van der Waals surface area contributed by atoms with E-state index in [1.54, 1.807) is 6.07 Å². The molecular formula is C11H12N2O2. The van der Waals surface area contributed by atoms with E-state index in [2.05, 4.69) is 10.1 Å². The summed E-state index contributed by atoms with van der Waals surface area (Å²) in [6.07, 6.45) is 0. The second-order valence-electron chi connectivity index (χ2n) is 3.10. The number of anilines is 1. The largest absolute Gasteiger partial charge is 0.467 e. The van der Waals surface area contributed by atoms with Crippen LogP contribution in [0.4, 0.5) is 5.69 Å². The molecule has 0 aromatic heterocycles. The molecule has 0 radical (unpaired) electrons. The lowest BCUT2D eigenvalue weighted by atomic mass is 10.2. The molecule has 0 bridgehead atoms. The second kappa shape index (κ2) is 5.01. The molecule has 0 heterocycles. The highest BCUT2D eigenvalue weighted by molar-refractivity contribution is 5.82. The van der Waals surface area contributed by atoms with Crippen LogP contribution in [-0.2, 0) is 9.53 Å². The van der Waals surface area contributed by atoms with Crippen molar-refractivity contribution in [3.63, 3.8) is 0 Å². The Balaban J connectivity index is 2.76. The molecule has 1 rings (SSSR count). The summed E-state index contributed by atoms with van der Waals surface area (Å²) in [5.41, 5.74) is 1.79. The van der Waals surface area contributed by atoms with Crippen molar-refractivity contribution in [3.8, 4) is 6.07 Å². The number of nitrogens with zero attached hydrogens (tertiary/aromatic N) is 1. The van der Waals surface area contributed by atoms with E-state index >= 15 is 0 Å². The summed E-state index contributed by atoms with van der Waals surface area (Å²) in [5.74, 6) is -0.584. The van der Waals surface area contributed by atoms with Gasteiger partial charge in [0.2, 0.25) is 6.04 Å². The molecule has 1 atom stereocenters. The van der Waals surface area contributed by atoms with Gasteiger partial charge in [-0.05, 0) is 24.6 Å². The predicted molar refractivity (Wildman–Crippen MR) is 56.2 cm³/mol. The van der Waals surface area contributed by atoms with Gasteiger partial charge in [0.25, 0.3) is 0 Å². The Labute approximate surface area is 88.5 Å². The number of rotatable bonds is 3. The smallest absolute Gasteiger partial charge is 0.343 e. The molecule has 0 amide bonds. The lowest BCUT2D eigenvalue weighted by molar-refractivity contribution is -0.140. The SMILES string of the molecule is COC(=O)C(C#N)Nc1cccc(C)c1. The summed E-state index contributed by atoms with van der Waals surface area (Å²) in [7, 11) is 1.25. The van der Waals surface area contributed by atoms with Crippen LogP contribution in [0.1, 0.15) is 5.56 Å². The topological polar surface area (TPSA) is 62.1 Å². The number of ether oxygens (including phenoxy) is 1. The van der Waals surface area contributed by atoms with Crippen LogP contribution in [-0.4, -0.2) is 19.1 Å². The highest BCUT2D eigenvalue weighted by Gasteiger charge is 2.17. The van der Waals surface area contributed by atoms with Crippen LogP contribution in [0.2, 0.25) is 0 Å². The first-order valence-corrected chi connectivity index (χ1v) is 4.48. The zero-order valence-electron chi connectivity index (χ0n) is 8.65. The number of nitrogens with one attached hydrogen (secondary N) is 1. The molecule has 1 unspecified atom stereocenters. The van der Waals surface area contributed by atoms with Crippen LogP contribution in [0.3, 0.4) is 0 Å². The summed E-state index contributed by atoms with van der Waals surface area (Å²) in [6.45, 7) is 1.94. The molecule has 0 saturated carbocycles. The zero-order chi connectivity index (χ0) is 11.3. The van der Waals surface area contributed by atoms with Gasteiger partial charge in [-0.25, -0.2) is 4.79 Å².